The second-order valence-corrected chi connectivity index (χ2v) is 10.2. The van der Waals surface area contributed by atoms with Gasteiger partial charge in [-0.05, 0) is 36.1 Å². The minimum absolute atomic E-state index is 0.0813. The molecule has 4 unspecified atom stereocenters. The zero-order valence-corrected chi connectivity index (χ0v) is 20.9. The van der Waals surface area contributed by atoms with Gasteiger partial charge in [0, 0.05) is 71.0 Å². The van der Waals surface area contributed by atoms with E-state index in [0.717, 1.165) is 0 Å². The zero-order chi connectivity index (χ0) is 28.3. The first-order valence-corrected chi connectivity index (χ1v) is 12.6. The lowest BCUT2D eigenvalue weighted by Crippen LogP contribution is -2.35. The normalized spacial score (nSPS) is 21.9. The van der Waals surface area contributed by atoms with Gasteiger partial charge in [0.05, 0.1) is 21.2 Å². The lowest BCUT2D eigenvalue weighted by molar-refractivity contribution is -0.384. The number of aromatic nitrogens is 2. The lowest BCUT2D eigenvalue weighted by Gasteiger charge is -2.28. The fourth-order valence-corrected chi connectivity index (χ4v) is 5.78. The van der Waals surface area contributed by atoms with E-state index < -0.39 is 46.1 Å². The molecule has 40 heavy (non-hydrogen) atoms. The van der Waals surface area contributed by atoms with E-state index in [0.29, 0.717) is 57.2 Å². The highest BCUT2D eigenvalue weighted by Gasteiger charge is 2.37. The minimum atomic E-state index is -1.22. The van der Waals surface area contributed by atoms with Crippen LogP contribution in [0.1, 0.15) is 47.6 Å². The molecule has 4 aromatic rings. The second kappa shape index (κ2) is 9.43. The Hall–Kier alpha value is -4.82. The molecule has 0 bridgehead atoms. The molecule has 0 fully saturated rings. The summed E-state index contributed by atoms with van der Waals surface area (Å²) in [4.78, 5) is 53.6. The van der Waals surface area contributed by atoms with Crippen molar-refractivity contribution in [3.8, 4) is 0 Å². The van der Waals surface area contributed by atoms with Gasteiger partial charge in [0.2, 0.25) is 0 Å². The summed E-state index contributed by atoms with van der Waals surface area (Å²) in [5, 5.41) is 23.7. The molecule has 2 aromatic carbocycles. The predicted molar refractivity (Wildman–Crippen MR) is 140 cm³/mol. The Kier molecular flexibility index (Phi) is 6.00. The SMILES string of the molecule is NC1Cc2c([nH]c3ccc([N+](=O)[O-])cc23)C(OC(=O)C(=O)OC2CC(N)Cc3c2[nH]c2ccc([N+](=O)[O-])cc32)C1. The van der Waals surface area contributed by atoms with Crippen molar-refractivity contribution in [1.82, 2.24) is 9.97 Å². The number of nitrogens with one attached hydrogen (secondary N) is 2. The van der Waals surface area contributed by atoms with Crippen LogP contribution in [0, 0.1) is 20.2 Å². The van der Waals surface area contributed by atoms with Crippen molar-refractivity contribution >= 4 is 45.1 Å². The molecule has 0 spiro atoms. The summed E-state index contributed by atoms with van der Waals surface area (Å²) in [5.41, 5.74) is 15.9. The molecule has 2 aliphatic rings. The third-order valence-corrected chi connectivity index (χ3v) is 7.54. The maximum atomic E-state index is 12.9. The monoisotopic (exact) mass is 548 g/mol. The molecule has 14 nitrogen and oxygen atoms in total. The van der Waals surface area contributed by atoms with Crippen LogP contribution in [0.25, 0.3) is 21.8 Å². The molecule has 206 valence electrons. The number of nitrogens with two attached hydrogens (primary N) is 2. The summed E-state index contributed by atoms with van der Waals surface area (Å²) < 4.78 is 11.1. The Labute approximate surface area is 224 Å². The van der Waals surface area contributed by atoms with Gasteiger partial charge in [-0.1, -0.05) is 0 Å². The number of ether oxygens (including phenoxy) is 2. The van der Waals surface area contributed by atoms with Gasteiger partial charge in [-0.25, -0.2) is 9.59 Å². The molecule has 0 saturated carbocycles. The second-order valence-electron chi connectivity index (χ2n) is 10.2. The number of benzene rings is 2. The smallest absolute Gasteiger partial charge is 0.418 e. The number of nitrogens with zero attached hydrogens (tertiary/aromatic N) is 2. The first-order valence-electron chi connectivity index (χ1n) is 12.6. The van der Waals surface area contributed by atoms with Crippen LogP contribution in [0.5, 0.6) is 0 Å². The van der Waals surface area contributed by atoms with Crippen LogP contribution < -0.4 is 11.5 Å². The topological polar surface area (TPSA) is 222 Å². The first-order chi connectivity index (χ1) is 19.1. The van der Waals surface area contributed by atoms with E-state index in [1.165, 1.54) is 24.3 Å². The summed E-state index contributed by atoms with van der Waals surface area (Å²) >= 11 is 0. The van der Waals surface area contributed by atoms with Crippen molar-refractivity contribution in [3.05, 3.63) is 79.1 Å². The van der Waals surface area contributed by atoms with Gasteiger partial charge in [-0.2, -0.15) is 0 Å². The molecule has 0 saturated heterocycles. The Balaban J connectivity index is 1.24. The van der Waals surface area contributed by atoms with Crippen molar-refractivity contribution in [3.63, 3.8) is 0 Å². The van der Waals surface area contributed by atoms with Crippen LogP contribution in [-0.4, -0.2) is 43.8 Å². The number of rotatable bonds is 4. The molecule has 0 aliphatic heterocycles. The molecular weight excluding hydrogens is 524 g/mol. The summed E-state index contributed by atoms with van der Waals surface area (Å²) in [6.45, 7) is 0. The standard InChI is InChI=1S/C26H24N6O8/c27-11-5-17-15-9-13(31(35)36)1-3-19(15)29-23(17)21(7-11)39-25(33)26(34)40-22-8-12(28)6-18-16-10-14(32(37)38)2-4-20(16)30-24(18)22/h1-4,9-12,21-22,29-30H,5-8,27-28H2. The van der Waals surface area contributed by atoms with Crippen LogP contribution >= 0.6 is 0 Å². The number of non-ortho nitro benzene ring substituents is 2. The van der Waals surface area contributed by atoms with E-state index in [9.17, 15) is 29.8 Å². The number of H-pyrrole nitrogens is 2. The molecule has 2 aliphatic carbocycles. The highest BCUT2D eigenvalue weighted by molar-refractivity contribution is 6.29. The molecule has 2 heterocycles. The van der Waals surface area contributed by atoms with Gasteiger partial charge in [0.25, 0.3) is 11.4 Å². The summed E-state index contributed by atoms with van der Waals surface area (Å²) in [7, 11) is 0. The van der Waals surface area contributed by atoms with Crippen LogP contribution in [0.2, 0.25) is 0 Å². The summed E-state index contributed by atoms with van der Waals surface area (Å²) in [6.07, 6.45) is -0.474. The molecule has 0 radical (unpaired) electrons. The van der Waals surface area contributed by atoms with E-state index in [1.54, 1.807) is 12.1 Å². The van der Waals surface area contributed by atoms with Crippen LogP contribution in [0.15, 0.2) is 36.4 Å². The number of hydrogen-bond acceptors (Lipinski definition) is 10. The number of carbonyl (C=O) groups is 2. The molecule has 0 amide bonds. The highest BCUT2D eigenvalue weighted by atomic mass is 16.6. The number of fused-ring (bicyclic) bond motifs is 6. The van der Waals surface area contributed by atoms with Crippen LogP contribution in [0.3, 0.4) is 0 Å². The maximum Gasteiger partial charge on any atom is 0.418 e. The van der Waals surface area contributed by atoms with E-state index >= 15 is 0 Å². The predicted octanol–water partition coefficient (Wildman–Crippen LogP) is 2.88. The molecule has 6 rings (SSSR count). The third kappa shape index (κ3) is 4.32. The average molecular weight is 549 g/mol. The van der Waals surface area contributed by atoms with Crippen molar-refractivity contribution in [1.29, 1.82) is 0 Å². The first kappa shape index (κ1) is 25.5. The van der Waals surface area contributed by atoms with Crippen molar-refractivity contribution in [2.24, 2.45) is 11.5 Å². The van der Waals surface area contributed by atoms with Crippen LogP contribution in [0.4, 0.5) is 11.4 Å². The van der Waals surface area contributed by atoms with Gasteiger partial charge in [0.1, 0.15) is 12.2 Å². The van der Waals surface area contributed by atoms with Gasteiger partial charge < -0.3 is 30.9 Å². The summed E-state index contributed by atoms with van der Waals surface area (Å²) in [6, 6.07) is 7.94. The number of nitro groups is 2. The zero-order valence-electron chi connectivity index (χ0n) is 20.9. The van der Waals surface area contributed by atoms with Gasteiger partial charge in [-0.15, -0.1) is 0 Å². The Bertz CT molecular complexity index is 1600. The van der Waals surface area contributed by atoms with Gasteiger partial charge in [-0.3, -0.25) is 20.2 Å². The number of hydrogen-bond donors (Lipinski definition) is 4. The third-order valence-electron chi connectivity index (χ3n) is 7.54. The number of aromatic amines is 2. The van der Waals surface area contributed by atoms with Gasteiger partial charge >= 0.3 is 11.9 Å². The van der Waals surface area contributed by atoms with E-state index in [1.807, 2.05) is 0 Å². The maximum absolute atomic E-state index is 12.9. The Morgan fingerprint density at radius 3 is 1.52 bits per heavy atom. The highest BCUT2D eigenvalue weighted by Crippen LogP contribution is 2.39. The van der Waals surface area contributed by atoms with Crippen molar-refractivity contribution in [2.45, 2.75) is 50.0 Å². The van der Waals surface area contributed by atoms with E-state index in [-0.39, 0.29) is 24.2 Å². The molecule has 6 N–H and O–H groups in total. The molecule has 14 heteroatoms. The fraction of sp³-hybridized carbons (Fsp3) is 0.308. The number of carbonyl (C=O) groups excluding carboxylic acids is 2. The largest absolute Gasteiger partial charge is 0.447 e. The fourth-order valence-electron chi connectivity index (χ4n) is 5.78. The van der Waals surface area contributed by atoms with Crippen molar-refractivity contribution in [2.75, 3.05) is 0 Å². The number of esters is 2. The van der Waals surface area contributed by atoms with Gasteiger partial charge in [0.15, 0.2) is 0 Å². The molecular formula is C26H24N6O8. The number of nitro benzene ring substituents is 2. The minimum Gasteiger partial charge on any atom is -0.447 e. The summed E-state index contributed by atoms with van der Waals surface area (Å²) in [5.74, 6) is -2.44. The lowest BCUT2D eigenvalue weighted by atomic mass is 9.89. The van der Waals surface area contributed by atoms with E-state index in [2.05, 4.69) is 9.97 Å². The average Bonchev–Trinajstić information content (AvgIpc) is 3.46. The van der Waals surface area contributed by atoms with E-state index in [4.69, 9.17) is 20.9 Å². The quantitative estimate of drug-likeness (QED) is 0.126. The molecule has 2 aromatic heterocycles. The van der Waals surface area contributed by atoms with Crippen molar-refractivity contribution < 1.29 is 28.9 Å². The molecule has 4 atom stereocenters. The van der Waals surface area contributed by atoms with Crippen LogP contribution in [-0.2, 0) is 31.9 Å². The Morgan fingerprint density at radius 2 is 1.15 bits per heavy atom. The Morgan fingerprint density at radius 1 is 0.750 bits per heavy atom.